The summed E-state index contributed by atoms with van der Waals surface area (Å²) in [6.45, 7) is 4.74. The van der Waals surface area contributed by atoms with Gasteiger partial charge in [-0.15, -0.1) is 0 Å². The largest absolute Gasteiger partial charge is 0.485 e. The van der Waals surface area contributed by atoms with Gasteiger partial charge in [-0.25, -0.2) is 0 Å². The molecule has 4 nitrogen and oxygen atoms in total. The zero-order valence-electron chi connectivity index (χ0n) is 11.1. The van der Waals surface area contributed by atoms with Gasteiger partial charge in [0.15, 0.2) is 5.76 Å². The van der Waals surface area contributed by atoms with Crippen LogP contribution in [-0.2, 0) is 6.61 Å². The van der Waals surface area contributed by atoms with E-state index in [1.165, 1.54) is 0 Å². The Morgan fingerprint density at radius 2 is 2.05 bits per heavy atom. The molecule has 2 rings (SSSR count). The summed E-state index contributed by atoms with van der Waals surface area (Å²) in [5.74, 6) is 1.55. The Morgan fingerprint density at radius 1 is 1.26 bits per heavy atom. The van der Waals surface area contributed by atoms with Crippen LogP contribution in [-0.4, -0.2) is 12.5 Å². The lowest BCUT2D eigenvalue weighted by Crippen LogP contribution is -2.21. The van der Waals surface area contributed by atoms with Crippen LogP contribution < -0.4 is 10.1 Å². The van der Waals surface area contributed by atoms with E-state index in [0.717, 1.165) is 11.3 Å². The molecule has 0 aliphatic carbocycles. The summed E-state index contributed by atoms with van der Waals surface area (Å²) in [5.41, 5.74) is 1.07. The molecule has 100 valence electrons. The maximum absolute atomic E-state index is 11.5. The van der Waals surface area contributed by atoms with Gasteiger partial charge in [0, 0.05) is 6.54 Å². The van der Waals surface area contributed by atoms with Crippen LogP contribution in [0.25, 0.3) is 0 Å². The van der Waals surface area contributed by atoms with Crippen LogP contribution in [0.1, 0.15) is 28.8 Å². The molecule has 0 atom stereocenters. The van der Waals surface area contributed by atoms with Gasteiger partial charge in [0.05, 0.1) is 0 Å². The molecule has 0 aliphatic rings. The maximum atomic E-state index is 11.5. The molecular weight excluding hydrogens is 242 g/mol. The molecule has 2 aromatic rings. The average molecular weight is 259 g/mol. The Labute approximate surface area is 112 Å². The third-order valence-electron chi connectivity index (χ3n) is 2.69. The monoisotopic (exact) mass is 259 g/mol. The van der Waals surface area contributed by atoms with Crippen molar-refractivity contribution in [1.29, 1.82) is 0 Å². The number of furan rings is 1. The lowest BCUT2D eigenvalue weighted by molar-refractivity contribution is 0.0924. The highest BCUT2D eigenvalue weighted by molar-refractivity contribution is 5.91. The third-order valence-corrected chi connectivity index (χ3v) is 2.69. The zero-order valence-corrected chi connectivity index (χ0v) is 11.1. The number of aryl methyl sites for hydroxylation is 1. The number of amides is 1. The minimum atomic E-state index is -0.204. The molecular formula is C15H17NO3. The Bertz CT molecular complexity index is 560. The average Bonchev–Trinajstić information content (AvgIpc) is 2.87. The predicted octanol–water partition coefficient (Wildman–Crippen LogP) is 2.92. The molecule has 0 spiro atoms. The molecule has 0 saturated heterocycles. The second-order valence-corrected chi connectivity index (χ2v) is 4.18. The first kappa shape index (κ1) is 13.2. The summed E-state index contributed by atoms with van der Waals surface area (Å²) < 4.78 is 11.1. The summed E-state index contributed by atoms with van der Waals surface area (Å²) in [4.78, 5) is 11.5. The Balaban J connectivity index is 1.97. The quantitative estimate of drug-likeness (QED) is 0.898. The summed E-state index contributed by atoms with van der Waals surface area (Å²) >= 11 is 0. The molecule has 4 heteroatoms. The smallest absolute Gasteiger partial charge is 0.286 e. The minimum absolute atomic E-state index is 0.204. The van der Waals surface area contributed by atoms with E-state index in [0.29, 0.717) is 24.7 Å². The number of benzene rings is 1. The van der Waals surface area contributed by atoms with Crippen molar-refractivity contribution in [2.75, 3.05) is 6.54 Å². The standard InChI is InChI=1S/C15H17NO3/c1-3-16-15(17)14-9-8-12(19-14)10-18-13-7-5-4-6-11(13)2/h4-9H,3,10H2,1-2H3,(H,16,17). The first-order valence-electron chi connectivity index (χ1n) is 6.26. The van der Waals surface area contributed by atoms with Crippen molar-refractivity contribution in [2.45, 2.75) is 20.5 Å². The highest BCUT2D eigenvalue weighted by atomic mass is 16.5. The second kappa shape index (κ2) is 6.09. The number of para-hydroxylation sites is 1. The van der Waals surface area contributed by atoms with E-state index < -0.39 is 0 Å². The summed E-state index contributed by atoms with van der Waals surface area (Å²) in [6, 6.07) is 11.2. The highest BCUT2D eigenvalue weighted by Crippen LogP contribution is 2.18. The topological polar surface area (TPSA) is 51.5 Å². The number of carbonyl (C=O) groups excluding carboxylic acids is 1. The molecule has 0 radical (unpaired) electrons. The molecule has 1 heterocycles. The van der Waals surface area contributed by atoms with Gasteiger partial charge < -0.3 is 14.5 Å². The van der Waals surface area contributed by atoms with Crippen LogP contribution in [0.15, 0.2) is 40.8 Å². The van der Waals surface area contributed by atoms with Crippen LogP contribution in [0.4, 0.5) is 0 Å². The van der Waals surface area contributed by atoms with Crippen LogP contribution in [0.5, 0.6) is 5.75 Å². The Hall–Kier alpha value is -2.23. The molecule has 1 aromatic carbocycles. The van der Waals surface area contributed by atoms with Crippen molar-refractivity contribution in [2.24, 2.45) is 0 Å². The van der Waals surface area contributed by atoms with Gasteiger partial charge in [-0.05, 0) is 37.6 Å². The van der Waals surface area contributed by atoms with Crippen LogP contribution in [0, 0.1) is 6.92 Å². The SMILES string of the molecule is CCNC(=O)c1ccc(COc2ccccc2C)o1. The highest BCUT2D eigenvalue weighted by Gasteiger charge is 2.10. The summed E-state index contributed by atoms with van der Waals surface area (Å²) in [6.07, 6.45) is 0. The van der Waals surface area contributed by atoms with Gasteiger partial charge in [-0.2, -0.15) is 0 Å². The van der Waals surface area contributed by atoms with E-state index in [2.05, 4.69) is 5.32 Å². The number of ether oxygens (including phenoxy) is 1. The van der Waals surface area contributed by atoms with E-state index in [9.17, 15) is 4.79 Å². The third kappa shape index (κ3) is 3.37. The molecule has 0 saturated carbocycles. The normalized spacial score (nSPS) is 10.2. The fourth-order valence-corrected chi connectivity index (χ4v) is 1.69. The Kier molecular flexibility index (Phi) is 4.23. The number of hydrogen-bond acceptors (Lipinski definition) is 3. The summed E-state index contributed by atoms with van der Waals surface area (Å²) in [7, 11) is 0. The molecule has 0 aliphatic heterocycles. The number of carbonyl (C=O) groups is 1. The first-order chi connectivity index (χ1) is 9.20. The molecule has 1 N–H and O–H groups in total. The van der Waals surface area contributed by atoms with Crippen LogP contribution >= 0.6 is 0 Å². The van der Waals surface area contributed by atoms with Crippen molar-refractivity contribution >= 4 is 5.91 Å². The molecule has 0 fully saturated rings. The van der Waals surface area contributed by atoms with E-state index in [1.807, 2.05) is 38.1 Å². The molecule has 0 unspecified atom stereocenters. The van der Waals surface area contributed by atoms with Crippen LogP contribution in [0.3, 0.4) is 0 Å². The van der Waals surface area contributed by atoms with Crippen molar-refractivity contribution in [3.05, 3.63) is 53.5 Å². The van der Waals surface area contributed by atoms with Crippen molar-refractivity contribution in [3.63, 3.8) is 0 Å². The fraction of sp³-hybridized carbons (Fsp3) is 0.267. The molecule has 1 aromatic heterocycles. The predicted molar refractivity (Wildman–Crippen MR) is 72.2 cm³/mol. The lowest BCUT2D eigenvalue weighted by atomic mass is 10.2. The number of nitrogens with one attached hydrogen (secondary N) is 1. The molecule has 0 bridgehead atoms. The van der Waals surface area contributed by atoms with Gasteiger partial charge in [0.1, 0.15) is 18.1 Å². The van der Waals surface area contributed by atoms with Gasteiger partial charge in [-0.1, -0.05) is 18.2 Å². The van der Waals surface area contributed by atoms with Gasteiger partial charge >= 0.3 is 0 Å². The summed E-state index contributed by atoms with van der Waals surface area (Å²) in [5, 5.41) is 2.68. The van der Waals surface area contributed by atoms with Gasteiger partial charge in [0.25, 0.3) is 5.91 Å². The lowest BCUT2D eigenvalue weighted by Gasteiger charge is -2.06. The van der Waals surface area contributed by atoms with Gasteiger partial charge in [0.2, 0.25) is 0 Å². The second-order valence-electron chi connectivity index (χ2n) is 4.18. The van der Waals surface area contributed by atoms with Crippen molar-refractivity contribution < 1.29 is 13.9 Å². The van der Waals surface area contributed by atoms with Gasteiger partial charge in [-0.3, -0.25) is 4.79 Å². The maximum Gasteiger partial charge on any atom is 0.286 e. The zero-order chi connectivity index (χ0) is 13.7. The van der Waals surface area contributed by atoms with E-state index in [-0.39, 0.29) is 5.91 Å². The number of rotatable bonds is 5. The van der Waals surface area contributed by atoms with E-state index in [4.69, 9.17) is 9.15 Å². The van der Waals surface area contributed by atoms with Crippen LogP contribution in [0.2, 0.25) is 0 Å². The Morgan fingerprint density at radius 3 is 2.79 bits per heavy atom. The first-order valence-corrected chi connectivity index (χ1v) is 6.26. The van der Waals surface area contributed by atoms with Crippen molar-refractivity contribution in [1.82, 2.24) is 5.32 Å². The minimum Gasteiger partial charge on any atom is -0.485 e. The molecule has 19 heavy (non-hydrogen) atoms. The molecule has 1 amide bonds. The number of hydrogen-bond donors (Lipinski definition) is 1. The van der Waals surface area contributed by atoms with Crippen molar-refractivity contribution in [3.8, 4) is 5.75 Å². The van der Waals surface area contributed by atoms with E-state index in [1.54, 1.807) is 12.1 Å². The fourth-order valence-electron chi connectivity index (χ4n) is 1.69. The van der Waals surface area contributed by atoms with E-state index >= 15 is 0 Å².